The second-order valence-electron chi connectivity index (χ2n) is 6.77. The number of rotatable bonds is 7. The van der Waals surface area contributed by atoms with Crippen LogP contribution in [0.3, 0.4) is 0 Å². The van der Waals surface area contributed by atoms with E-state index in [1.807, 2.05) is 35.2 Å². The molecule has 6 heteroatoms. The van der Waals surface area contributed by atoms with Crippen molar-refractivity contribution < 1.29 is 4.79 Å². The van der Waals surface area contributed by atoms with Crippen LogP contribution in [0.1, 0.15) is 42.7 Å². The average molecular weight is 434 g/mol. The van der Waals surface area contributed by atoms with Gasteiger partial charge in [0.2, 0.25) is 0 Å². The summed E-state index contributed by atoms with van der Waals surface area (Å²) in [4.78, 5) is 20.6. The Kier molecular flexibility index (Phi) is 6.14. The molecule has 0 aliphatic heterocycles. The summed E-state index contributed by atoms with van der Waals surface area (Å²) in [6.45, 7) is 8.60. The number of fused-ring (bicyclic) bond motifs is 1. The molecule has 138 valence electrons. The Morgan fingerprint density at radius 1 is 1.27 bits per heavy atom. The van der Waals surface area contributed by atoms with Crippen molar-refractivity contribution in [3.8, 4) is 0 Å². The summed E-state index contributed by atoms with van der Waals surface area (Å²) in [6.07, 6.45) is 0.977. The molecule has 0 N–H and O–H groups in total. The Morgan fingerprint density at radius 2 is 2.04 bits per heavy atom. The van der Waals surface area contributed by atoms with Crippen molar-refractivity contribution in [3.05, 3.63) is 50.9 Å². The van der Waals surface area contributed by atoms with Crippen molar-refractivity contribution in [1.29, 1.82) is 0 Å². The molecule has 0 spiro atoms. The maximum atomic E-state index is 13.1. The highest BCUT2D eigenvalue weighted by atomic mass is 79.9. The summed E-state index contributed by atoms with van der Waals surface area (Å²) >= 11 is 4.94. The quantitative estimate of drug-likeness (QED) is 0.488. The van der Waals surface area contributed by atoms with Crippen LogP contribution in [0.5, 0.6) is 0 Å². The average Bonchev–Trinajstić information content (AvgIpc) is 3.20. The van der Waals surface area contributed by atoms with Crippen molar-refractivity contribution in [2.24, 2.45) is 5.92 Å². The van der Waals surface area contributed by atoms with Gasteiger partial charge < -0.3 is 9.47 Å². The second-order valence-corrected chi connectivity index (χ2v) is 9.24. The summed E-state index contributed by atoms with van der Waals surface area (Å²) < 4.78 is 3.18. The summed E-state index contributed by atoms with van der Waals surface area (Å²) in [6, 6.07) is 12.0. The topological polar surface area (TPSA) is 38.1 Å². The van der Waals surface area contributed by atoms with Crippen molar-refractivity contribution in [3.63, 3.8) is 0 Å². The Labute approximate surface area is 167 Å². The molecule has 3 rings (SSSR count). The SMILES string of the molecule is CCn1c(CN(CCC(C)C)C(=O)c2ccc(Br)s2)nc2ccccc21. The fourth-order valence-electron chi connectivity index (χ4n) is 3.02. The van der Waals surface area contributed by atoms with Crippen LogP contribution in [0.4, 0.5) is 0 Å². The Morgan fingerprint density at radius 3 is 2.69 bits per heavy atom. The third-order valence-electron chi connectivity index (χ3n) is 4.43. The molecule has 1 amide bonds. The molecule has 1 aromatic carbocycles. The first-order valence-electron chi connectivity index (χ1n) is 8.98. The van der Waals surface area contributed by atoms with Crippen LogP contribution in [-0.4, -0.2) is 26.9 Å². The van der Waals surface area contributed by atoms with E-state index >= 15 is 0 Å². The molecule has 0 fully saturated rings. The van der Waals surface area contributed by atoms with E-state index in [-0.39, 0.29) is 5.91 Å². The van der Waals surface area contributed by atoms with E-state index in [1.165, 1.54) is 11.3 Å². The summed E-state index contributed by atoms with van der Waals surface area (Å²) in [7, 11) is 0. The van der Waals surface area contributed by atoms with Crippen LogP contribution in [0.15, 0.2) is 40.2 Å². The number of para-hydroxylation sites is 2. The minimum Gasteiger partial charge on any atom is -0.330 e. The normalized spacial score (nSPS) is 11.4. The molecule has 0 saturated heterocycles. The standard InChI is InChI=1S/C20H24BrN3OS/c1-4-24-16-8-6-5-7-15(16)22-19(24)13-23(12-11-14(2)3)20(25)17-9-10-18(21)26-17/h5-10,14H,4,11-13H2,1-3H3. The third kappa shape index (κ3) is 4.18. The Hall–Kier alpha value is -1.66. The monoisotopic (exact) mass is 433 g/mol. The zero-order valence-corrected chi connectivity index (χ0v) is 17.8. The number of aromatic nitrogens is 2. The number of imidazole rings is 1. The summed E-state index contributed by atoms with van der Waals surface area (Å²) in [5.41, 5.74) is 2.11. The predicted octanol–water partition coefficient (Wildman–Crippen LogP) is 5.57. The van der Waals surface area contributed by atoms with E-state index in [0.29, 0.717) is 12.5 Å². The number of carbonyl (C=O) groups is 1. The zero-order chi connectivity index (χ0) is 18.7. The van der Waals surface area contributed by atoms with Crippen molar-refractivity contribution in [2.75, 3.05) is 6.54 Å². The highest BCUT2D eigenvalue weighted by molar-refractivity contribution is 9.11. The molecule has 0 radical (unpaired) electrons. The maximum Gasteiger partial charge on any atom is 0.264 e. The molecule has 0 saturated carbocycles. The van der Waals surface area contributed by atoms with Crippen molar-refractivity contribution >= 4 is 44.2 Å². The zero-order valence-electron chi connectivity index (χ0n) is 15.4. The van der Waals surface area contributed by atoms with Gasteiger partial charge >= 0.3 is 0 Å². The van der Waals surface area contributed by atoms with Gasteiger partial charge in [0, 0.05) is 13.1 Å². The fourth-order valence-corrected chi connectivity index (χ4v) is 4.38. The van der Waals surface area contributed by atoms with Crippen LogP contribution in [0, 0.1) is 5.92 Å². The number of aryl methyl sites for hydroxylation is 1. The smallest absolute Gasteiger partial charge is 0.264 e. The number of halogens is 1. The first-order valence-corrected chi connectivity index (χ1v) is 10.6. The minimum absolute atomic E-state index is 0.0797. The molecule has 0 bridgehead atoms. The molecule has 0 unspecified atom stereocenters. The Balaban J connectivity index is 1.91. The molecule has 3 aromatic rings. The molecule has 2 heterocycles. The summed E-state index contributed by atoms with van der Waals surface area (Å²) in [5.74, 6) is 1.57. The van der Waals surface area contributed by atoms with Gasteiger partial charge in [-0.3, -0.25) is 4.79 Å². The van der Waals surface area contributed by atoms with Crippen molar-refractivity contribution in [1.82, 2.24) is 14.5 Å². The van der Waals surface area contributed by atoms with Crippen LogP contribution in [0.2, 0.25) is 0 Å². The van der Waals surface area contributed by atoms with Gasteiger partial charge in [-0.15, -0.1) is 11.3 Å². The van der Waals surface area contributed by atoms with Gasteiger partial charge in [0.1, 0.15) is 5.82 Å². The van der Waals surface area contributed by atoms with Gasteiger partial charge in [-0.2, -0.15) is 0 Å². The predicted molar refractivity (Wildman–Crippen MR) is 112 cm³/mol. The number of benzene rings is 1. The number of thiophene rings is 1. The summed E-state index contributed by atoms with van der Waals surface area (Å²) in [5, 5.41) is 0. The van der Waals surface area contributed by atoms with Crippen LogP contribution >= 0.6 is 27.3 Å². The lowest BCUT2D eigenvalue weighted by atomic mass is 10.1. The number of nitrogens with zero attached hydrogens (tertiary/aromatic N) is 3. The first-order chi connectivity index (χ1) is 12.5. The highest BCUT2D eigenvalue weighted by Crippen LogP contribution is 2.25. The Bertz CT molecular complexity index is 899. The van der Waals surface area contributed by atoms with E-state index in [1.54, 1.807) is 0 Å². The number of hydrogen-bond donors (Lipinski definition) is 0. The largest absolute Gasteiger partial charge is 0.330 e. The molecule has 26 heavy (non-hydrogen) atoms. The lowest BCUT2D eigenvalue weighted by molar-refractivity contribution is 0.0734. The molecular formula is C20H24BrN3OS. The fraction of sp³-hybridized carbons (Fsp3) is 0.400. The van der Waals surface area contributed by atoms with Gasteiger partial charge in [0.25, 0.3) is 5.91 Å². The van der Waals surface area contributed by atoms with E-state index in [0.717, 1.165) is 45.0 Å². The van der Waals surface area contributed by atoms with Gasteiger partial charge in [-0.1, -0.05) is 26.0 Å². The van der Waals surface area contributed by atoms with Gasteiger partial charge in [0.15, 0.2) is 0 Å². The van der Waals surface area contributed by atoms with Crippen LogP contribution in [-0.2, 0) is 13.1 Å². The lowest BCUT2D eigenvalue weighted by Crippen LogP contribution is -2.32. The van der Waals surface area contributed by atoms with Gasteiger partial charge in [-0.25, -0.2) is 4.98 Å². The molecule has 2 aromatic heterocycles. The van der Waals surface area contributed by atoms with E-state index in [9.17, 15) is 4.79 Å². The van der Waals surface area contributed by atoms with Gasteiger partial charge in [0.05, 0.1) is 26.2 Å². The van der Waals surface area contributed by atoms with E-state index in [2.05, 4.69) is 47.3 Å². The van der Waals surface area contributed by atoms with Crippen LogP contribution < -0.4 is 0 Å². The van der Waals surface area contributed by atoms with Crippen LogP contribution in [0.25, 0.3) is 11.0 Å². The molecule has 0 atom stereocenters. The highest BCUT2D eigenvalue weighted by Gasteiger charge is 2.21. The first kappa shape index (κ1) is 19.1. The molecule has 0 aliphatic rings. The maximum absolute atomic E-state index is 13.1. The molecule has 0 aliphatic carbocycles. The van der Waals surface area contributed by atoms with E-state index < -0.39 is 0 Å². The molecular weight excluding hydrogens is 410 g/mol. The number of amides is 1. The second kappa shape index (κ2) is 8.35. The van der Waals surface area contributed by atoms with Gasteiger partial charge in [-0.05, 0) is 59.5 Å². The van der Waals surface area contributed by atoms with E-state index in [4.69, 9.17) is 4.98 Å². The minimum atomic E-state index is 0.0797. The number of carbonyl (C=O) groups excluding carboxylic acids is 1. The lowest BCUT2D eigenvalue weighted by Gasteiger charge is -2.23. The number of hydrogen-bond acceptors (Lipinski definition) is 3. The third-order valence-corrected chi connectivity index (χ3v) is 6.04. The molecule has 4 nitrogen and oxygen atoms in total. The van der Waals surface area contributed by atoms with Crippen molar-refractivity contribution in [2.45, 2.75) is 40.3 Å².